The minimum atomic E-state index is 0.493. The Bertz CT molecular complexity index is 801. The summed E-state index contributed by atoms with van der Waals surface area (Å²) < 4.78 is 5.81. The first kappa shape index (κ1) is 16.1. The van der Waals surface area contributed by atoms with Gasteiger partial charge in [0.1, 0.15) is 12.4 Å². The van der Waals surface area contributed by atoms with Crippen molar-refractivity contribution in [2.75, 3.05) is 5.43 Å². The number of ether oxygens (including phenoxy) is 1. The molecule has 0 atom stereocenters. The second-order valence-electron chi connectivity index (χ2n) is 5.18. The third kappa shape index (κ3) is 4.61. The van der Waals surface area contributed by atoms with Crippen molar-refractivity contribution in [2.45, 2.75) is 6.61 Å². The Morgan fingerprint density at radius 1 is 0.875 bits per heavy atom. The fourth-order valence-corrected chi connectivity index (χ4v) is 2.30. The Hall–Kier alpha value is -2.78. The zero-order valence-corrected chi connectivity index (χ0v) is 13.8. The fourth-order valence-electron chi connectivity index (χ4n) is 2.17. The molecule has 0 radical (unpaired) electrons. The van der Waals surface area contributed by atoms with E-state index in [0.717, 1.165) is 22.6 Å². The number of nitrogens with one attached hydrogen (secondary N) is 1. The molecule has 0 unspecified atom stereocenters. The number of rotatable bonds is 6. The summed E-state index contributed by atoms with van der Waals surface area (Å²) in [7, 11) is 0. The summed E-state index contributed by atoms with van der Waals surface area (Å²) in [4.78, 5) is 0. The van der Waals surface area contributed by atoms with Crippen molar-refractivity contribution < 1.29 is 4.74 Å². The van der Waals surface area contributed by atoms with Crippen molar-refractivity contribution in [1.29, 1.82) is 0 Å². The molecule has 3 aromatic rings. The summed E-state index contributed by atoms with van der Waals surface area (Å²) in [5.74, 6) is 0.850. The van der Waals surface area contributed by atoms with Gasteiger partial charge in [-0.3, -0.25) is 5.43 Å². The molecule has 0 saturated carbocycles. The molecule has 3 aromatic carbocycles. The summed E-state index contributed by atoms with van der Waals surface area (Å²) >= 11 is 5.87. The highest BCUT2D eigenvalue weighted by Gasteiger charge is 2.01. The van der Waals surface area contributed by atoms with Crippen molar-refractivity contribution in [2.24, 2.45) is 5.10 Å². The van der Waals surface area contributed by atoms with Crippen LogP contribution < -0.4 is 10.2 Å². The minimum Gasteiger partial charge on any atom is -0.489 e. The predicted molar refractivity (Wildman–Crippen MR) is 99.9 cm³/mol. The number of hydrazone groups is 1. The van der Waals surface area contributed by atoms with Gasteiger partial charge in [-0.05, 0) is 42.0 Å². The van der Waals surface area contributed by atoms with Crippen LogP contribution in [0.5, 0.6) is 5.75 Å². The van der Waals surface area contributed by atoms with Gasteiger partial charge in [0.2, 0.25) is 0 Å². The van der Waals surface area contributed by atoms with Gasteiger partial charge < -0.3 is 4.74 Å². The van der Waals surface area contributed by atoms with Crippen LogP contribution in [0.1, 0.15) is 11.1 Å². The molecular formula is C20H17ClN2O. The van der Waals surface area contributed by atoms with Crippen molar-refractivity contribution in [3.63, 3.8) is 0 Å². The van der Waals surface area contributed by atoms with E-state index in [1.807, 2.05) is 78.9 Å². The molecule has 0 amide bonds. The van der Waals surface area contributed by atoms with E-state index in [4.69, 9.17) is 16.3 Å². The minimum absolute atomic E-state index is 0.493. The summed E-state index contributed by atoms with van der Waals surface area (Å²) in [5, 5.41) is 4.99. The lowest BCUT2D eigenvalue weighted by atomic mass is 10.1. The summed E-state index contributed by atoms with van der Waals surface area (Å²) in [5.41, 5.74) is 5.96. The van der Waals surface area contributed by atoms with Gasteiger partial charge in [0.25, 0.3) is 0 Å². The average molecular weight is 337 g/mol. The number of hydrogen-bond acceptors (Lipinski definition) is 3. The molecule has 3 nitrogen and oxygen atoms in total. The quantitative estimate of drug-likeness (QED) is 0.485. The maximum absolute atomic E-state index is 5.87. The lowest BCUT2D eigenvalue weighted by Crippen LogP contribution is -2.00. The molecule has 24 heavy (non-hydrogen) atoms. The topological polar surface area (TPSA) is 33.6 Å². The average Bonchev–Trinajstić information content (AvgIpc) is 2.63. The van der Waals surface area contributed by atoms with Gasteiger partial charge in [0.05, 0.1) is 11.9 Å². The second kappa shape index (κ2) is 8.18. The standard InChI is InChI=1S/C20H17ClN2O/c21-18-10-12-19(13-11-18)23-22-14-16-6-4-5-7-17(16)15-24-20-8-2-1-3-9-20/h1-14,23H,15H2/b22-14+. The Kier molecular flexibility index (Phi) is 5.48. The van der Waals surface area contributed by atoms with E-state index in [2.05, 4.69) is 10.5 Å². The molecule has 0 spiro atoms. The number of para-hydroxylation sites is 1. The van der Waals surface area contributed by atoms with E-state index in [-0.39, 0.29) is 0 Å². The second-order valence-corrected chi connectivity index (χ2v) is 5.61. The number of hydrogen-bond donors (Lipinski definition) is 1. The van der Waals surface area contributed by atoms with Crippen LogP contribution in [0.25, 0.3) is 0 Å². The monoisotopic (exact) mass is 336 g/mol. The molecule has 0 bridgehead atoms. The summed E-state index contributed by atoms with van der Waals surface area (Å²) in [6.45, 7) is 0.493. The molecule has 0 aromatic heterocycles. The Balaban J connectivity index is 1.65. The summed E-state index contributed by atoms with van der Waals surface area (Å²) in [6.07, 6.45) is 1.79. The molecule has 1 N–H and O–H groups in total. The SMILES string of the molecule is Clc1ccc(N/N=C/c2ccccc2COc2ccccc2)cc1. The van der Waals surface area contributed by atoms with E-state index in [1.165, 1.54) is 0 Å². The molecule has 3 rings (SSSR count). The fraction of sp³-hybridized carbons (Fsp3) is 0.0500. The number of benzene rings is 3. The zero-order chi connectivity index (χ0) is 16.6. The molecule has 120 valence electrons. The van der Waals surface area contributed by atoms with Gasteiger partial charge in [-0.15, -0.1) is 0 Å². The highest BCUT2D eigenvalue weighted by Crippen LogP contribution is 2.15. The van der Waals surface area contributed by atoms with Gasteiger partial charge in [-0.25, -0.2) is 0 Å². The van der Waals surface area contributed by atoms with Gasteiger partial charge in [-0.2, -0.15) is 5.10 Å². The first-order chi connectivity index (χ1) is 11.8. The van der Waals surface area contributed by atoms with Crippen molar-refractivity contribution in [1.82, 2.24) is 0 Å². The number of nitrogens with zero attached hydrogens (tertiary/aromatic N) is 1. The zero-order valence-electron chi connectivity index (χ0n) is 13.0. The van der Waals surface area contributed by atoms with E-state index in [9.17, 15) is 0 Å². The van der Waals surface area contributed by atoms with E-state index in [1.54, 1.807) is 6.21 Å². The van der Waals surface area contributed by atoms with Crippen LogP contribution in [-0.2, 0) is 6.61 Å². The van der Waals surface area contributed by atoms with E-state index < -0.39 is 0 Å². The maximum Gasteiger partial charge on any atom is 0.119 e. The summed E-state index contributed by atoms with van der Waals surface area (Å²) in [6, 6.07) is 25.2. The molecule has 0 fully saturated rings. The van der Waals surface area contributed by atoms with E-state index >= 15 is 0 Å². The molecule has 0 aliphatic rings. The van der Waals surface area contributed by atoms with Crippen molar-refractivity contribution in [3.05, 3.63) is 95.0 Å². The Morgan fingerprint density at radius 3 is 2.38 bits per heavy atom. The van der Waals surface area contributed by atoms with Crippen LogP contribution in [0.4, 0.5) is 5.69 Å². The predicted octanol–water partition coefficient (Wildman–Crippen LogP) is 5.37. The normalized spacial score (nSPS) is 10.7. The maximum atomic E-state index is 5.87. The highest BCUT2D eigenvalue weighted by molar-refractivity contribution is 6.30. The van der Waals surface area contributed by atoms with Gasteiger partial charge in [0.15, 0.2) is 0 Å². The van der Waals surface area contributed by atoms with Crippen LogP contribution in [0.2, 0.25) is 5.02 Å². The van der Waals surface area contributed by atoms with Gasteiger partial charge in [0, 0.05) is 10.6 Å². The van der Waals surface area contributed by atoms with Crippen LogP contribution in [0.3, 0.4) is 0 Å². The first-order valence-corrected chi connectivity index (χ1v) is 7.99. The van der Waals surface area contributed by atoms with Gasteiger partial charge in [-0.1, -0.05) is 54.1 Å². The van der Waals surface area contributed by atoms with Crippen molar-refractivity contribution >= 4 is 23.5 Å². The number of halogens is 1. The Morgan fingerprint density at radius 2 is 1.58 bits per heavy atom. The molecular weight excluding hydrogens is 320 g/mol. The molecule has 0 aliphatic heterocycles. The lowest BCUT2D eigenvalue weighted by Gasteiger charge is -2.08. The highest BCUT2D eigenvalue weighted by atomic mass is 35.5. The van der Waals surface area contributed by atoms with Crippen LogP contribution in [-0.4, -0.2) is 6.21 Å². The van der Waals surface area contributed by atoms with Crippen molar-refractivity contribution in [3.8, 4) is 5.75 Å². The number of anilines is 1. The lowest BCUT2D eigenvalue weighted by molar-refractivity contribution is 0.306. The first-order valence-electron chi connectivity index (χ1n) is 7.62. The molecule has 0 saturated heterocycles. The van der Waals surface area contributed by atoms with Crippen LogP contribution in [0, 0.1) is 0 Å². The van der Waals surface area contributed by atoms with Crippen LogP contribution >= 0.6 is 11.6 Å². The Labute approximate surface area is 146 Å². The third-order valence-electron chi connectivity index (χ3n) is 3.43. The van der Waals surface area contributed by atoms with Crippen LogP contribution in [0.15, 0.2) is 84.0 Å². The third-order valence-corrected chi connectivity index (χ3v) is 3.69. The smallest absolute Gasteiger partial charge is 0.119 e. The van der Waals surface area contributed by atoms with E-state index in [0.29, 0.717) is 11.6 Å². The molecule has 0 aliphatic carbocycles. The van der Waals surface area contributed by atoms with Gasteiger partial charge >= 0.3 is 0 Å². The largest absolute Gasteiger partial charge is 0.489 e. The molecule has 0 heterocycles. The molecule has 4 heteroatoms.